The molecule has 1 aliphatic carbocycles. The molecule has 0 aliphatic heterocycles. The van der Waals surface area contributed by atoms with Crippen molar-refractivity contribution in [2.45, 2.75) is 19.3 Å². The molecule has 0 unspecified atom stereocenters. The number of fused-ring (bicyclic) bond motifs is 7. The van der Waals surface area contributed by atoms with Crippen molar-refractivity contribution in [2.24, 2.45) is 0 Å². The van der Waals surface area contributed by atoms with Gasteiger partial charge in [0.15, 0.2) is 5.82 Å². The Kier molecular flexibility index (Phi) is 7.20. The molecule has 8 aromatic carbocycles. The van der Waals surface area contributed by atoms with Crippen LogP contribution in [-0.4, -0.2) is 9.97 Å². The van der Waals surface area contributed by atoms with Crippen LogP contribution in [-0.2, 0) is 5.41 Å². The number of nitrogens with zero attached hydrogens (tertiary/aromatic N) is 2. The maximum Gasteiger partial charge on any atom is 0.160 e. The molecule has 0 fully saturated rings. The average molecular weight is 717 g/mol. The number of furan rings is 1. The maximum absolute atomic E-state index is 6.49. The second kappa shape index (κ2) is 12.5. The lowest BCUT2D eigenvalue weighted by molar-refractivity contribution is 0.660. The lowest BCUT2D eigenvalue weighted by Crippen LogP contribution is -2.14. The van der Waals surface area contributed by atoms with Gasteiger partial charge >= 0.3 is 0 Å². The van der Waals surface area contributed by atoms with Gasteiger partial charge in [-0.1, -0.05) is 166 Å². The first kappa shape index (κ1) is 32.3. The molecule has 0 bridgehead atoms. The first-order chi connectivity index (χ1) is 27.5. The Morgan fingerprint density at radius 3 is 1.82 bits per heavy atom. The highest BCUT2D eigenvalue weighted by molar-refractivity contribution is 6.10. The zero-order chi connectivity index (χ0) is 37.4. The summed E-state index contributed by atoms with van der Waals surface area (Å²) in [6.07, 6.45) is 0. The van der Waals surface area contributed by atoms with Crippen molar-refractivity contribution in [2.75, 3.05) is 0 Å². The smallest absolute Gasteiger partial charge is 0.160 e. The number of para-hydroxylation sites is 2. The van der Waals surface area contributed by atoms with Crippen molar-refractivity contribution in [3.05, 3.63) is 193 Å². The monoisotopic (exact) mass is 716 g/mol. The van der Waals surface area contributed by atoms with Crippen LogP contribution in [0.15, 0.2) is 186 Å². The summed E-state index contributed by atoms with van der Waals surface area (Å²) in [6.45, 7) is 4.66. The number of benzene rings is 8. The summed E-state index contributed by atoms with van der Waals surface area (Å²) in [7, 11) is 0. The van der Waals surface area contributed by atoms with E-state index in [1.54, 1.807) is 0 Å². The molecule has 2 heterocycles. The second-order valence-corrected chi connectivity index (χ2v) is 15.3. The van der Waals surface area contributed by atoms with Gasteiger partial charge in [-0.05, 0) is 85.6 Å². The fraction of sp³-hybridized carbons (Fsp3) is 0.0566. The molecule has 0 amide bonds. The lowest BCUT2D eigenvalue weighted by Gasteiger charge is -2.21. The van der Waals surface area contributed by atoms with Crippen LogP contribution in [0.5, 0.6) is 0 Å². The Bertz CT molecular complexity index is 3170. The van der Waals surface area contributed by atoms with Gasteiger partial charge in [-0.3, -0.25) is 0 Å². The summed E-state index contributed by atoms with van der Waals surface area (Å²) >= 11 is 0. The maximum atomic E-state index is 6.49. The van der Waals surface area contributed by atoms with Crippen LogP contribution in [0.25, 0.3) is 100.0 Å². The summed E-state index contributed by atoms with van der Waals surface area (Å²) in [4.78, 5) is 10.4. The molecule has 10 aromatic rings. The zero-order valence-electron chi connectivity index (χ0n) is 31.1. The molecule has 0 atom stereocenters. The van der Waals surface area contributed by atoms with Crippen LogP contribution in [0.2, 0.25) is 0 Å². The molecule has 3 heteroatoms. The Labute approximate surface area is 325 Å². The van der Waals surface area contributed by atoms with E-state index in [-0.39, 0.29) is 5.41 Å². The van der Waals surface area contributed by atoms with Crippen LogP contribution in [0, 0.1) is 0 Å². The third-order valence-corrected chi connectivity index (χ3v) is 11.7. The normalized spacial score (nSPS) is 13.0. The van der Waals surface area contributed by atoms with Crippen molar-refractivity contribution in [3.8, 4) is 67.3 Å². The molecule has 56 heavy (non-hydrogen) atoms. The van der Waals surface area contributed by atoms with Crippen molar-refractivity contribution in [3.63, 3.8) is 0 Å². The summed E-state index contributed by atoms with van der Waals surface area (Å²) in [5.41, 5.74) is 16.6. The van der Waals surface area contributed by atoms with E-state index in [1.807, 2.05) is 30.3 Å². The molecule has 0 N–H and O–H groups in total. The van der Waals surface area contributed by atoms with Crippen LogP contribution in [0.3, 0.4) is 0 Å². The molecule has 0 saturated heterocycles. The molecular formula is C53H36N2O. The van der Waals surface area contributed by atoms with Crippen LogP contribution < -0.4 is 0 Å². The second-order valence-electron chi connectivity index (χ2n) is 15.3. The Balaban J connectivity index is 1.05. The Morgan fingerprint density at radius 2 is 0.964 bits per heavy atom. The number of rotatable bonds is 5. The third kappa shape index (κ3) is 5.05. The van der Waals surface area contributed by atoms with E-state index < -0.39 is 0 Å². The minimum atomic E-state index is -0.0139. The Morgan fingerprint density at radius 1 is 0.375 bits per heavy atom. The van der Waals surface area contributed by atoms with Crippen LogP contribution >= 0.6 is 0 Å². The molecule has 3 nitrogen and oxygen atoms in total. The van der Waals surface area contributed by atoms with Gasteiger partial charge in [0.05, 0.1) is 11.4 Å². The average Bonchev–Trinajstić information content (AvgIpc) is 3.75. The van der Waals surface area contributed by atoms with Crippen molar-refractivity contribution in [1.29, 1.82) is 0 Å². The van der Waals surface area contributed by atoms with Gasteiger partial charge in [0.25, 0.3) is 0 Å². The van der Waals surface area contributed by atoms with Crippen LogP contribution in [0.1, 0.15) is 25.0 Å². The summed E-state index contributed by atoms with van der Waals surface area (Å²) in [5, 5.41) is 4.48. The van der Waals surface area contributed by atoms with Gasteiger partial charge in [-0.25, -0.2) is 9.97 Å². The van der Waals surface area contributed by atoms with Crippen molar-refractivity contribution in [1.82, 2.24) is 9.97 Å². The van der Waals surface area contributed by atoms with Gasteiger partial charge in [-0.15, -0.1) is 0 Å². The molecule has 11 rings (SSSR count). The fourth-order valence-electron chi connectivity index (χ4n) is 8.93. The molecule has 0 saturated carbocycles. The summed E-state index contributed by atoms with van der Waals surface area (Å²) < 4.78 is 6.49. The van der Waals surface area contributed by atoms with Crippen molar-refractivity contribution >= 4 is 32.7 Å². The van der Waals surface area contributed by atoms with Crippen LogP contribution in [0.4, 0.5) is 0 Å². The molecule has 1 aliphatic rings. The SMILES string of the molecule is CC1(C)c2ccccc2-c2cc(-c3cccc(-c4ccc(-c5cc(-c6cccc7c6oc6ccccc67)nc(-c6ccccc6)n5)c5ccccc45)c3)ccc21. The van der Waals surface area contributed by atoms with Gasteiger partial charge in [0.2, 0.25) is 0 Å². The van der Waals surface area contributed by atoms with E-state index in [1.165, 1.54) is 49.9 Å². The quantitative estimate of drug-likeness (QED) is 0.178. The standard InChI is InChI=1S/C53H36N2O/c1-53(2)46-24-10-8-20-40(46)45-31-35(26-29-47(45)53)34-16-12-17-36(30-34)37-27-28-41(39-19-7-6-18-38(37)39)48-32-49(55-52(54-48)33-14-4-3-5-15-33)44-23-13-22-43-42-21-9-11-25-50(42)56-51(43)44/h3-32H,1-2H3. The van der Waals surface area contributed by atoms with E-state index in [9.17, 15) is 0 Å². The van der Waals surface area contributed by atoms with Crippen molar-refractivity contribution < 1.29 is 4.42 Å². The largest absolute Gasteiger partial charge is 0.455 e. The highest BCUT2D eigenvalue weighted by Crippen LogP contribution is 2.50. The minimum Gasteiger partial charge on any atom is -0.455 e. The minimum absolute atomic E-state index is 0.0139. The number of hydrogen-bond acceptors (Lipinski definition) is 3. The predicted molar refractivity (Wildman–Crippen MR) is 232 cm³/mol. The van der Waals surface area contributed by atoms with Gasteiger partial charge in [-0.2, -0.15) is 0 Å². The zero-order valence-corrected chi connectivity index (χ0v) is 31.1. The fourth-order valence-corrected chi connectivity index (χ4v) is 8.93. The summed E-state index contributed by atoms with van der Waals surface area (Å²) in [5.74, 6) is 0.674. The molecule has 2 aromatic heterocycles. The Hall–Kier alpha value is -7.10. The predicted octanol–water partition coefficient (Wildman–Crippen LogP) is 14.2. The first-order valence-electron chi connectivity index (χ1n) is 19.2. The topological polar surface area (TPSA) is 38.9 Å². The number of aromatic nitrogens is 2. The first-order valence-corrected chi connectivity index (χ1v) is 19.2. The van der Waals surface area contributed by atoms with E-state index >= 15 is 0 Å². The molecule has 0 radical (unpaired) electrons. The van der Waals surface area contributed by atoms with E-state index in [0.717, 1.165) is 55.4 Å². The highest BCUT2D eigenvalue weighted by Gasteiger charge is 2.35. The highest BCUT2D eigenvalue weighted by atomic mass is 16.3. The van der Waals surface area contributed by atoms with Gasteiger partial charge in [0, 0.05) is 32.9 Å². The third-order valence-electron chi connectivity index (χ3n) is 11.7. The van der Waals surface area contributed by atoms with E-state index in [0.29, 0.717) is 5.82 Å². The van der Waals surface area contributed by atoms with Gasteiger partial charge < -0.3 is 4.42 Å². The molecule has 264 valence electrons. The summed E-state index contributed by atoms with van der Waals surface area (Å²) in [6, 6.07) is 64.8. The van der Waals surface area contributed by atoms with E-state index in [4.69, 9.17) is 14.4 Å². The molecule has 0 spiro atoms. The van der Waals surface area contributed by atoms with E-state index in [2.05, 4.69) is 166 Å². The molecular weight excluding hydrogens is 681 g/mol. The lowest BCUT2D eigenvalue weighted by atomic mass is 9.82. The van der Waals surface area contributed by atoms with Gasteiger partial charge in [0.1, 0.15) is 11.2 Å². The number of hydrogen-bond donors (Lipinski definition) is 0.